The monoisotopic (exact) mass is 200 g/mol. The number of hydrogen-bond donors (Lipinski definition) is 1. The number of hydrogen-bond acceptors (Lipinski definition) is 3. The fourth-order valence-corrected chi connectivity index (χ4v) is 2.67. The first-order valence-corrected chi connectivity index (χ1v) is 5.43. The number of likely N-dealkylation sites (tertiary alicyclic amines) is 1. The predicted molar refractivity (Wildman–Crippen MR) is 59.4 cm³/mol. The number of ether oxygens (including phenoxy) is 1. The molecule has 1 aliphatic rings. The third-order valence-electron chi connectivity index (χ3n) is 3.45. The van der Waals surface area contributed by atoms with Crippen LogP contribution in [0.25, 0.3) is 0 Å². The third kappa shape index (κ3) is 2.10. The van der Waals surface area contributed by atoms with Crippen LogP contribution in [0.3, 0.4) is 0 Å². The van der Waals surface area contributed by atoms with Crippen molar-refractivity contribution < 1.29 is 4.74 Å². The van der Waals surface area contributed by atoms with Gasteiger partial charge in [-0.15, -0.1) is 0 Å². The first-order chi connectivity index (χ1) is 6.46. The van der Waals surface area contributed by atoms with Gasteiger partial charge in [-0.2, -0.15) is 0 Å². The molecular weight excluding hydrogens is 176 g/mol. The summed E-state index contributed by atoms with van der Waals surface area (Å²) in [5.41, 5.74) is 6.14. The molecule has 1 heterocycles. The van der Waals surface area contributed by atoms with Gasteiger partial charge in [-0.25, -0.2) is 0 Å². The van der Waals surface area contributed by atoms with Gasteiger partial charge >= 0.3 is 0 Å². The summed E-state index contributed by atoms with van der Waals surface area (Å²) in [6.07, 6.45) is 2.53. The fourth-order valence-electron chi connectivity index (χ4n) is 2.67. The number of methoxy groups -OCH3 is 1. The van der Waals surface area contributed by atoms with Gasteiger partial charge < -0.3 is 10.5 Å². The minimum absolute atomic E-state index is 0.00521. The van der Waals surface area contributed by atoms with E-state index in [4.69, 9.17) is 10.5 Å². The highest BCUT2D eigenvalue weighted by atomic mass is 16.5. The SMILES string of the molecule is COCC(C)(CN)N1CCCC1(C)C. The average molecular weight is 200 g/mol. The topological polar surface area (TPSA) is 38.5 Å². The van der Waals surface area contributed by atoms with Gasteiger partial charge in [-0.3, -0.25) is 4.90 Å². The molecule has 0 saturated carbocycles. The summed E-state index contributed by atoms with van der Waals surface area (Å²) < 4.78 is 5.28. The Kier molecular flexibility index (Phi) is 3.56. The van der Waals surface area contributed by atoms with Crippen LogP contribution in [0.4, 0.5) is 0 Å². The molecule has 3 heteroatoms. The van der Waals surface area contributed by atoms with Crippen LogP contribution in [-0.4, -0.2) is 42.8 Å². The van der Waals surface area contributed by atoms with Crippen molar-refractivity contribution in [3.63, 3.8) is 0 Å². The van der Waals surface area contributed by atoms with Gasteiger partial charge in [0.2, 0.25) is 0 Å². The van der Waals surface area contributed by atoms with E-state index in [-0.39, 0.29) is 11.1 Å². The van der Waals surface area contributed by atoms with Gasteiger partial charge in [0.1, 0.15) is 0 Å². The molecule has 0 aromatic carbocycles. The standard InChI is InChI=1S/C11H24N2O/c1-10(2)6-5-7-13(10)11(3,8-12)9-14-4/h5-9,12H2,1-4H3. The van der Waals surface area contributed by atoms with E-state index in [1.54, 1.807) is 7.11 Å². The molecule has 1 aliphatic heterocycles. The van der Waals surface area contributed by atoms with E-state index >= 15 is 0 Å². The van der Waals surface area contributed by atoms with E-state index in [0.717, 1.165) is 6.54 Å². The van der Waals surface area contributed by atoms with Crippen LogP contribution < -0.4 is 5.73 Å². The Balaban J connectivity index is 2.78. The largest absolute Gasteiger partial charge is 0.383 e. The second-order valence-corrected chi connectivity index (χ2v) is 5.20. The average Bonchev–Trinajstić information content (AvgIpc) is 2.46. The maximum atomic E-state index is 5.87. The maximum Gasteiger partial charge on any atom is 0.0656 e. The molecule has 0 aromatic heterocycles. The first-order valence-electron chi connectivity index (χ1n) is 5.43. The summed E-state index contributed by atoms with van der Waals surface area (Å²) in [7, 11) is 1.75. The lowest BCUT2D eigenvalue weighted by Crippen LogP contribution is -2.59. The van der Waals surface area contributed by atoms with Crippen LogP contribution >= 0.6 is 0 Å². The quantitative estimate of drug-likeness (QED) is 0.741. The van der Waals surface area contributed by atoms with Gasteiger partial charge in [0, 0.05) is 19.2 Å². The normalized spacial score (nSPS) is 26.4. The summed E-state index contributed by atoms with van der Waals surface area (Å²) in [6.45, 7) is 9.30. The van der Waals surface area contributed by atoms with E-state index in [1.807, 2.05) is 0 Å². The minimum atomic E-state index is -0.00521. The van der Waals surface area contributed by atoms with Crippen LogP contribution in [0.1, 0.15) is 33.6 Å². The van der Waals surface area contributed by atoms with Crippen molar-refractivity contribution >= 4 is 0 Å². The Labute approximate surface area is 87.6 Å². The molecule has 2 N–H and O–H groups in total. The summed E-state index contributed by atoms with van der Waals surface area (Å²) in [4.78, 5) is 2.50. The smallest absolute Gasteiger partial charge is 0.0656 e. The molecule has 0 radical (unpaired) electrons. The summed E-state index contributed by atoms with van der Waals surface area (Å²) in [6, 6.07) is 0. The predicted octanol–water partition coefficient (Wildman–Crippen LogP) is 1.22. The van der Waals surface area contributed by atoms with Crippen LogP contribution in [0, 0.1) is 0 Å². The van der Waals surface area contributed by atoms with E-state index in [9.17, 15) is 0 Å². The highest BCUT2D eigenvalue weighted by Gasteiger charge is 2.42. The van der Waals surface area contributed by atoms with E-state index < -0.39 is 0 Å². The highest BCUT2D eigenvalue weighted by Crippen LogP contribution is 2.34. The van der Waals surface area contributed by atoms with Crippen molar-refractivity contribution in [2.75, 3.05) is 26.8 Å². The molecule has 0 aromatic rings. The molecule has 1 saturated heterocycles. The Morgan fingerprint density at radius 1 is 1.50 bits per heavy atom. The molecular formula is C11H24N2O. The van der Waals surface area contributed by atoms with Crippen LogP contribution in [0.2, 0.25) is 0 Å². The lowest BCUT2D eigenvalue weighted by molar-refractivity contribution is -0.00894. The summed E-state index contributed by atoms with van der Waals surface area (Å²) in [5, 5.41) is 0. The van der Waals surface area contributed by atoms with Crippen LogP contribution in [0.5, 0.6) is 0 Å². The van der Waals surface area contributed by atoms with Crippen molar-refractivity contribution in [1.29, 1.82) is 0 Å². The Hall–Kier alpha value is -0.120. The lowest BCUT2D eigenvalue weighted by atomic mass is 9.94. The Morgan fingerprint density at radius 3 is 2.50 bits per heavy atom. The third-order valence-corrected chi connectivity index (χ3v) is 3.45. The Morgan fingerprint density at radius 2 is 2.14 bits per heavy atom. The molecule has 14 heavy (non-hydrogen) atoms. The molecule has 84 valence electrons. The van der Waals surface area contributed by atoms with Gasteiger partial charge in [0.25, 0.3) is 0 Å². The zero-order chi connectivity index (χ0) is 10.8. The van der Waals surface area contributed by atoms with Crippen LogP contribution in [0.15, 0.2) is 0 Å². The number of nitrogens with zero attached hydrogens (tertiary/aromatic N) is 1. The zero-order valence-corrected chi connectivity index (χ0v) is 9.97. The molecule has 0 spiro atoms. The van der Waals surface area contributed by atoms with E-state index in [2.05, 4.69) is 25.7 Å². The fraction of sp³-hybridized carbons (Fsp3) is 1.00. The minimum Gasteiger partial charge on any atom is -0.383 e. The molecule has 1 unspecified atom stereocenters. The number of rotatable bonds is 4. The Bertz CT molecular complexity index is 194. The summed E-state index contributed by atoms with van der Waals surface area (Å²) in [5.74, 6) is 0. The number of nitrogens with two attached hydrogens (primary N) is 1. The van der Waals surface area contributed by atoms with Crippen molar-refractivity contribution in [3.8, 4) is 0 Å². The molecule has 1 fully saturated rings. The lowest BCUT2D eigenvalue weighted by Gasteiger charge is -2.45. The zero-order valence-electron chi connectivity index (χ0n) is 9.97. The molecule has 3 nitrogen and oxygen atoms in total. The van der Waals surface area contributed by atoms with Gasteiger partial charge in [-0.05, 0) is 40.2 Å². The first kappa shape index (κ1) is 12.0. The summed E-state index contributed by atoms with van der Waals surface area (Å²) >= 11 is 0. The second kappa shape index (κ2) is 4.17. The van der Waals surface area contributed by atoms with E-state index in [0.29, 0.717) is 13.2 Å². The molecule has 1 rings (SSSR count). The molecule has 0 amide bonds. The van der Waals surface area contributed by atoms with Crippen molar-refractivity contribution in [1.82, 2.24) is 4.90 Å². The van der Waals surface area contributed by atoms with Crippen LogP contribution in [-0.2, 0) is 4.74 Å². The molecule has 0 aliphatic carbocycles. The van der Waals surface area contributed by atoms with Crippen molar-refractivity contribution in [2.24, 2.45) is 5.73 Å². The molecule has 1 atom stereocenters. The highest BCUT2D eigenvalue weighted by molar-refractivity contribution is 4.99. The van der Waals surface area contributed by atoms with Crippen molar-refractivity contribution in [3.05, 3.63) is 0 Å². The van der Waals surface area contributed by atoms with Gasteiger partial charge in [0.05, 0.1) is 12.1 Å². The van der Waals surface area contributed by atoms with E-state index in [1.165, 1.54) is 12.8 Å². The second-order valence-electron chi connectivity index (χ2n) is 5.20. The van der Waals surface area contributed by atoms with Gasteiger partial charge in [-0.1, -0.05) is 0 Å². The van der Waals surface area contributed by atoms with Gasteiger partial charge in [0.15, 0.2) is 0 Å². The van der Waals surface area contributed by atoms with Crippen molar-refractivity contribution in [2.45, 2.75) is 44.7 Å². The maximum absolute atomic E-state index is 5.87. The molecule has 0 bridgehead atoms.